The predicted molar refractivity (Wildman–Crippen MR) is 83.2 cm³/mol. The molecule has 0 spiro atoms. The van der Waals surface area contributed by atoms with Crippen LogP contribution in [0.2, 0.25) is 5.02 Å². The number of carboxylic acid groups (broad SMARTS) is 1. The molecule has 0 unspecified atom stereocenters. The van der Waals surface area contributed by atoms with Crippen LogP contribution in [-0.4, -0.2) is 16.1 Å². The highest BCUT2D eigenvalue weighted by Gasteiger charge is 2.10. The van der Waals surface area contributed by atoms with Crippen molar-refractivity contribution in [2.24, 2.45) is 0 Å². The van der Waals surface area contributed by atoms with Crippen LogP contribution in [0.15, 0.2) is 30.3 Å². The average molecular weight is 308 g/mol. The number of benzene rings is 1. The number of nitrogens with zero attached hydrogens (tertiary/aromatic N) is 1. The van der Waals surface area contributed by atoms with Crippen LogP contribution in [0.3, 0.4) is 0 Å². The minimum absolute atomic E-state index is 0.685. The van der Waals surface area contributed by atoms with Crippen LogP contribution in [0.4, 0.5) is 0 Å². The third kappa shape index (κ3) is 3.68. The van der Waals surface area contributed by atoms with Gasteiger partial charge >= 0.3 is 5.97 Å². The molecule has 2 aromatic rings. The maximum absolute atomic E-state index is 10.6. The SMILES string of the molecule is CCCc1nc(-c2ccc(Cl)cc2)sc1/C=C/C(=O)O. The molecule has 20 heavy (non-hydrogen) atoms. The van der Waals surface area contributed by atoms with Crippen LogP contribution in [0.1, 0.15) is 23.9 Å². The molecule has 0 fully saturated rings. The molecule has 1 aromatic carbocycles. The van der Waals surface area contributed by atoms with Crippen molar-refractivity contribution in [2.45, 2.75) is 19.8 Å². The van der Waals surface area contributed by atoms with E-state index in [1.807, 2.05) is 24.3 Å². The van der Waals surface area contributed by atoms with Gasteiger partial charge in [0.25, 0.3) is 0 Å². The molecule has 0 aliphatic rings. The fraction of sp³-hybridized carbons (Fsp3) is 0.200. The summed E-state index contributed by atoms with van der Waals surface area (Å²) < 4.78 is 0. The van der Waals surface area contributed by atoms with E-state index < -0.39 is 5.97 Å². The highest BCUT2D eigenvalue weighted by atomic mass is 35.5. The van der Waals surface area contributed by atoms with E-state index in [1.54, 1.807) is 6.08 Å². The van der Waals surface area contributed by atoms with Crippen LogP contribution in [0, 0.1) is 0 Å². The normalized spacial score (nSPS) is 11.1. The molecule has 104 valence electrons. The van der Waals surface area contributed by atoms with Crippen molar-refractivity contribution in [1.82, 2.24) is 4.98 Å². The Morgan fingerprint density at radius 2 is 2.10 bits per heavy atom. The first kappa shape index (κ1) is 14.8. The van der Waals surface area contributed by atoms with E-state index in [9.17, 15) is 4.79 Å². The minimum Gasteiger partial charge on any atom is -0.478 e. The third-order valence-electron chi connectivity index (χ3n) is 2.68. The monoisotopic (exact) mass is 307 g/mol. The molecule has 2 rings (SSSR count). The molecular weight excluding hydrogens is 294 g/mol. The van der Waals surface area contributed by atoms with Crippen LogP contribution in [0.25, 0.3) is 16.6 Å². The van der Waals surface area contributed by atoms with E-state index in [4.69, 9.17) is 16.7 Å². The van der Waals surface area contributed by atoms with Gasteiger partial charge in [-0.05, 0) is 24.6 Å². The third-order valence-corrected chi connectivity index (χ3v) is 4.05. The topological polar surface area (TPSA) is 50.2 Å². The molecule has 0 aliphatic carbocycles. The average Bonchev–Trinajstić information content (AvgIpc) is 2.81. The fourth-order valence-electron chi connectivity index (χ4n) is 1.77. The Morgan fingerprint density at radius 1 is 1.40 bits per heavy atom. The van der Waals surface area contributed by atoms with Crippen molar-refractivity contribution in [1.29, 1.82) is 0 Å². The largest absolute Gasteiger partial charge is 0.478 e. The van der Waals surface area contributed by atoms with Crippen LogP contribution >= 0.6 is 22.9 Å². The fourth-order valence-corrected chi connectivity index (χ4v) is 2.92. The summed E-state index contributed by atoms with van der Waals surface area (Å²) in [6.45, 7) is 2.08. The highest BCUT2D eigenvalue weighted by Crippen LogP contribution is 2.30. The van der Waals surface area contributed by atoms with Gasteiger partial charge in [-0.15, -0.1) is 11.3 Å². The molecular formula is C15H14ClNO2S. The minimum atomic E-state index is -0.950. The Balaban J connectivity index is 2.37. The zero-order valence-electron chi connectivity index (χ0n) is 11.0. The predicted octanol–water partition coefficient (Wildman–Crippen LogP) is 4.51. The van der Waals surface area contributed by atoms with E-state index in [-0.39, 0.29) is 0 Å². The summed E-state index contributed by atoms with van der Waals surface area (Å²) in [5.41, 5.74) is 1.94. The molecule has 0 amide bonds. The number of halogens is 1. The first-order valence-electron chi connectivity index (χ1n) is 6.26. The maximum Gasteiger partial charge on any atom is 0.328 e. The molecule has 0 atom stereocenters. The molecule has 5 heteroatoms. The van der Waals surface area contributed by atoms with Gasteiger partial charge in [0.15, 0.2) is 0 Å². The Bertz CT molecular complexity index is 632. The first-order valence-corrected chi connectivity index (χ1v) is 7.46. The van der Waals surface area contributed by atoms with Gasteiger partial charge in [-0.2, -0.15) is 0 Å². The van der Waals surface area contributed by atoms with Crippen molar-refractivity contribution < 1.29 is 9.90 Å². The first-order chi connectivity index (χ1) is 9.60. The molecule has 0 saturated heterocycles. The lowest BCUT2D eigenvalue weighted by atomic mass is 10.2. The quantitative estimate of drug-likeness (QED) is 0.827. The summed E-state index contributed by atoms with van der Waals surface area (Å²) in [4.78, 5) is 16.1. The molecule has 1 N–H and O–H groups in total. The van der Waals surface area contributed by atoms with Gasteiger partial charge < -0.3 is 5.11 Å². The number of rotatable bonds is 5. The van der Waals surface area contributed by atoms with Gasteiger partial charge in [0.2, 0.25) is 0 Å². The van der Waals surface area contributed by atoms with Gasteiger partial charge in [0.1, 0.15) is 5.01 Å². The zero-order valence-corrected chi connectivity index (χ0v) is 12.5. The number of hydrogen-bond donors (Lipinski definition) is 1. The lowest BCUT2D eigenvalue weighted by Crippen LogP contribution is -1.88. The lowest BCUT2D eigenvalue weighted by Gasteiger charge is -1.95. The lowest BCUT2D eigenvalue weighted by molar-refractivity contribution is -0.131. The van der Waals surface area contributed by atoms with Crippen molar-refractivity contribution in [3.8, 4) is 10.6 Å². The number of aryl methyl sites for hydroxylation is 1. The van der Waals surface area contributed by atoms with Crippen LogP contribution in [0.5, 0.6) is 0 Å². The summed E-state index contributed by atoms with van der Waals surface area (Å²) in [5, 5.41) is 10.3. The Morgan fingerprint density at radius 3 is 2.70 bits per heavy atom. The van der Waals surface area contributed by atoms with E-state index in [0.29, 0.717) is 5.02 Å². The number of aliphatic carboxylic acids is 1. The standard InChI is InChI=1S/C15H14ClNO2S/c1-2-3-12-13(8-9-14(18)19)20-15(17-12)10-4-6-11(16)7-5-10/h4-9H,2-3H2,1H3,(H,18,19)/b9-8+. The number of carboxylic acids is 1. The number of thiazole rings is 1. The van der Waals surface area contributed by atoms with E-state index >= 15 is 0 Å². The van der Waals surface area contributed by atoms with Crippen LogP contribution < -0.4 is 0 Å². The number of hydrogen-bond acceptors (Lipinski definition) is 3. The van der Waals surface area contributed by atoms with Crippen LogP contribution in [-0.2, 0) is 11.2 Å². The van der Waals surface area contributed by atoms with Gasteiger partial charge in [0, 0.05) is 16.7 Å². The van der Waals surface area contributed by atoms with Gasteiger partial charge in [-0.1, -0.05) is 37.1 Å². The van der Waals surface area contributed by atoms with E-state index in [1.165, 1.54) is 11.3 Å². The summed E-state index contributed by atoms with van der Waals surface area (Å²) in [7, 11) is 0. The second-order valence-electron chi connectivity index (χ2n) is 4.26. The molecule has 1 heterocycles. The number of aromatic nitrogens is 1. The maximum atomic E-state index is 10.6. The van der Waals surface area contributed by atoms with Crippen molar-refractivity contribution in [2.75, 3.05) is 0 Å². The van der Waals surface area contributed by atoms with Gasteiger partial charge in [0.05, 0.1) is 10.6 Å². The summed E-state index contributed by atoms with van der Waals surface area (Å²) >= 11 is 7.37. The second-order valence-corrected chi connectivity index (χ2v) is 5.73. The van der Waals surface area contributed by atoms with Crippen molar-refractivity contribution in [3.05, 3.63) is 45.9 Å². The van der Waals surface area contributed by atoms with Crippen molar-refractivity contribution >= 4 is 35.0 Å². The van der Waals surface area contributed by atoms with Gasteiger partial charge in [-0.3, -0.25) is 0 Å². The van der Waals surface area contributed by atoms with Gasteiger partial charge in [-0.25, -0.2) is 9.78 Å². The van der Waals surface area contributed by atoms with E-state index in [2.05, 4.69) is 11.9 Å². The molecule has 0 bridgehead atoms. The summed E-state index contributed by atoms with van der Waals surface area (Å²) in [6.07, 6.45) is 4.57. The highest BCUT2D eigenvalue weighted by molar-refractivity contribution is 7.16. The van der Waals surface area contributed by atoms with E-state index in [0.717, 1.165) is 40.1 Å². The Hall–Kier alpha value is -1.65. The number of carbonyl (C=O) groups is 1. The Labute approximate surface area is 126 Å². The second kappa shape index (κ2) is 6.68. The molecule has 3 nitrogen and oxygen atoms in total. The summed E-state index contributed by atoms with van der Waals surface area (Å²) in [5.74, 6) is -0.950. The van der Waals surface area contributed by atoms with Crippen molar-refractivity contribution in [3.63, 3.8) is 0 Å². The summed E-state index contributed by atoms with van der Waals surface area (Å²) in [6, 6.07) is 7.48. The Kier molecular flexibility index (Phi) is 4.93. The molecule has 1 aromatic heterocycles. The zero-order chi connectivity index (χ0) is 14.5. The molecule has 0 radical (unpaired) electrons. The molecule has 0 aliphatic heterocycles. The molecule has 0 saturated carbocycles. The smallest absolute Gasteiger partial charge is 0.328 e.